The zero-order valence-electron chi connectivity index (χ0n) is 6.98. The minimum atomic E-state index is 0. The third kappa shape index (κ3) is 3.89. The standard InChI is InChI=1S/C6H12O.C2H6.CH4/c1-5-3-4-7-6(5)2;1-2;/h5-6H,3-4H2,1-2H3;1-2H3;1H4. The van der Waals surface area contributed by atoms with Gasteiger partial charge in [-0.25, -0.2) is 0 Å². The van der Waals surface area contributed by atoms with Crippen molar-refractivity contribution in [3.8, 4) is 0 Å². The predicted molar refractivity (Wildman–Crippen MR) is 47.3 cm³/mol. The van der Waals surface area contributed by atoms with Crippen molar-refractivity contribution in [3.63, 3.8) is 0 Å². The van der Waals surface area contributed by atoms with Crippen LogP contribution in [-0.2, 0) is 4.74 Å². The van der Waals surface area contributed by atoms with Crippen LogP contribution in [0.5, 0.6) is 0 Å². The number of hydrogen-bond donors (Lipinski definition) is 0. The van der Waals surface area contributed by atoms with E-state index in [1.54, 1.807) is 0 Å². The Hall–Kier alpha value is -0.0400. The first-order valence-corrected chi connectivity index (χ1v) is 3.92. The van der Waals surface area contributed by atoms with Crippen molar-refractivity contribution in [2.24, 2.45) is 5.92 Å². The lowest BCUT2D eigenvalue weighted by molar-refractivity contribution is 0.109. The summed E-state index contributed by atoms with van der Waals surface area (Å²) in [5.41, 5.74) is 0. The quantitative estimate of drug-likeness (QED) is 0.510. The van der Waals surface area contributed by atoms with Crippen molar-refractivity contribution in [3.05, 3.63) is 0 Å². The average molecular weight is 146 g/mol. The first kappa shape index (κ1) is 12.6. The highest BCUT2D eigenvalue weighted by molar-refractivity contribution is 4.66. The van der Waals surface area contributed by atoms with Gasteiger partial charge in [0.05, 0.1) is 6.10 Å². The Balaban J connectivity index is 0. The van der Waals surface area contributed by atoms with Gasteiger partial charge in [0.1, 0.15) is 0 Å². The number of rotatable bonds is 0. The maximum absolute atomic E-state index is 5.27. The molecule has 0 radical (unpaired) electrons. The van der Waals surface area contributed by atoms with Crippen LogP contribution in [0.15, 0.2) is 0 Å². The zero-order valence-corrected chi connectivity index (χ0v) is 6.98. The Morgan fingerprint density at radius 1 is 1.20 bits per heavy atom. The van der Waals surface area contributed by atoms with Crippen molar-refractivity contribution in [1.29, 1.82) is 0 Å². The summed E-state index contributed by atoms with van der Waals surface area (Å²) in [5.74, 6) is 0.792. The van der Waals surface area contributed by atoms with E-state index in [1.807, 2.05) is 13.8 Å². The summed E-state index contributed by atoms with van der Waals surface area (Å²) in [6.45, 7) is 9.34. The fourth-order valence-electron chi connectivity index (χ4n) is 0.839. The minimum Gasteiger partial charge on any atom is -0.378 e. The van der Waals surface area contributed by atoms with Crippen LogP contribution >= 0.6 is 0 Å². The molecule has 0 aliphatic carbocycles. The van der Waals surface area contributed by atoms with Crippen LogP contribution in [0.1, 0.15) is 41.5 Å². The van der Waals surface area contributed by atoms with Crippen molar-refractivity contribution in [2.75, 3.05) is 6.61 Å². The SMILES string of the molecule is C.CC.CC1CCOC1C. The molecule has 1 rings (SSSR count). The number of hydrogen-bond acceptors (Lipinski definition) is 1. The van der Waals surface area contributed by atoms with E-state index in [4.69, 9.17) is 4.74 Å². The summed E-state index contributed by atoms with van der Waals surface area (Å²) in [6, 6.07) is 0. The largest absolute Gasteiger partial charge is 0.378 e. The van der Waals surface area contributed by atoms with Gasteiger partial charge in [0.25, 0.3) is 0 Å². The third-order valence-electron chi connectivity index (χ3n) is 1.76. The van der Waals surface area contributed by atoms with Gasteiger partial charge in [-0.05, 0) is 19.3 Å². The lowest BCUT2D eigenvalue weighted by Crippen LogP contribution is -2.05. The highest BCUT2D eigenvalue weighted by atomic mass is 16.5. The lowest BCUT2D eigenvalue weighted by atomic mass is 10.1. The van der Waals surface area contributed by atoms with Crippen LogP contribution in [0, 0.1) is 5.92 Å². The highest BCUT2D eigenvalue weighted by Crippen LogP contribution is 2.18. The van der Waals surface area contributed by atoms with Crippen molar-refractivity contribution >= 4 is 0 Å². The van der Waals surface area contributed by atoms with E-state index in [0.717, 1.165) is 12.5 Å². The van der Waals surface area contributed by atoms with Crippen LogP contribution in [0.4, 0.5) is 0 Å². The molecule has 2 unspecified atom stereocenters. The molecular formula is C9H22O. The second kappa shape index (κ2) is 7.07. The smallest absolute Gasteiger partial charge is 0.0573 e. The van der Waals surface area contributed by atoms with Crippen LogP contribution in [0.3, 0.4) is 0 Å². The Morgan fingerprint density at radius 2 is 1.70 bits per heavy atom. The molecule has 2 atom stereocenters. The van der Waals surface area contributed by atoms with E-state index in [1.165, 1.54) is 6.42 Å². The topological polar surface area (TPSA) is 9.23 Å². The average Bonchev–Trinajstić information content (AvgIpc) is 2.23. The molecule has 1 heteroatoms. The summed E-state index contributed by atoms with van der Waals surface area (Å²) >= 11 is 0. The molecule has 0 saturated carbocycles. The molecule has 1 fully saturated rings. The van der Waals surface area contributed by atoms with E-state index >= 15 is 0 Å². The van der Waals surface area contributed by atoms with Gasteiger partial charge in [-0.2, -0.15) is 0 Å². The third-order valence-corrected chi connectivity index (χ3v) is 1.76. The highest BCUT2D eigenvalue weighted by Gasteiger charge is 2.18. The first-order valence-electron chi connectivity index (χ1n) is 3.92. The van der Waals surface area contributed by atoms with Gasteiger partial charge < -0.3 is 4.74 Å². The minimum absolute atomic E-state index is 0. The molecule has 0 aromatic rings. The molecule has 10 heavy (non-hydrogen) atoms. The second-order valence-electron chi connectivity index (χ2n) is 2.34. The molecule has 0 spiro atoms. The second-order valence-corrected chi connectivity index (χ2v) is 2.34. The van der Waals surface area contributed by atoms with Gasteiger partial charge in [-0.3, -0.25) is 0 Å². The molecule has 1 saturated heterocycles. The summed E-state index contributed by atoms with van der Waals surface area (Å²) in [5, 5.41) is 0. The molecule has 1 aliphatic heterocycles. The van der Waals surface area contributed by atoms with Gasteiger partial charge in [0, 0.05) is 6.61 Å². The normalized spacial score (nSPS) is 30.0. The predicted octanol–water partition coefficient (Wildman–Crippen LogP) is 3.09. The van der Waals surface area contributed by atoms with Crippen LogP contribution in [0.25, 0.3) is 0 Å². The molecule has 0 amide bonds. The Morgan fingerprint density at radius 3 is 1.80 bits per heavy atom. The molecule has 1 aliphatic rings. The molecule has 64 valence electrons. The maximum Gasteiger partial charge on any atom is 0.0573 e. The Bertz CT molecular complexity index is 53.7. The fourth-order valence-corrected chi connectivity index (χ4v) is 0.839. The molecule has 0 N–H and O–H groups in total. The van der Waals surface area contributed by atoms with E-state index < -0.39 is 0 Å². The summed E-state index contributed by atoms with van der Waals surface area (Å²) in [4.78, 5) is 0. The van der Waals surface area contributed by atoms with Gasteiger partial charge >= 0.3 is 0 Å². The molecule has 0 aromatic carbocycles. The zero-order chi connectivity index (χ0) is 7.28. The Kier molecular flexibility index (Phi) is 8.92. The number of ether oxygens (including phenoxy) is 1. The molecule has 0 bridgehead atoms. The summed E-state index contributed by atoms with van der Waals surface area (Å²) in [6.07, 6.45) is 1.77. The van der Waals surface area contributed by atoms with E-state index in [2.05, 4.69) is 13.8 Å². The molecule has 0 aromatic heterocycles. The van der Waals surface area contributed by atoms with Crippen LogP contribution in [-0.4, -0.2) is 12.7 Å². The van der Waals surface area contributed by atoms with E-state index in [-0.39, 0.29) is 7.43 Å². The van der Waals surface area contributed by atoms with Crippen molar-refractivity contribution in [2.45, 2.75) is 47.6 Å². The van der Waals surface area contributed by atoms with Crippen molar-refractivity contribution in [1.82, 2.24) is 0 Å². The lowest BCUT2D eigenvalue weighted by Gasteiger charge is -2.04. The molecule has 1 nitrogen and oxygen atoms in total. The fraction of sp³-hybridized carbons (Fsp3) is 1.00. The van der Waals surface area contributed by atoms with Crippen LogP contribution < -0.4 is 0 Å². The van der Waals surface area contributed by atoms with Gasteiger partial charge in [0.2, 0.25) is 0 Å². The van der Waals surface area contributed by atoms with Crippen LogP contribution in [0.2, 0.25) is 0 Å². The van der Waals surface area contributed by atoms with E-state index in [0.29, 0.717) is 6.10 Å². The van der Waals surface area contributed by atoms with Gasteiger partial charge in [0.15, 0.2) is 0 Å². The Labute approximate surface area is 65.8 Å². The first-order chi connectivity index (χ1) is 4.30. The van der Waals surface area contributed by atoms with E-state index in [9.17, 15) is 0 Å². The van der Waals surface area contributed by atoms with Gasteiger partial charge in [-0.1, -0.05) is 28.2 Å². The monoisotopic (exact) mass is 146 g/mol. The van der Waals surface area contributed by atoms with Gasteiger partial charge in [-0.15, -0.1) is 0 Å². The molecule has 1 heterocycles. The summed E-state index contributed by atoms with van der Waals surface area (Å²) in [7, 11) is 0. The summed E-state index contributed by atoms with van der Waals surface area (Å²) < 4.78 is 5.27. The molecular weight excluding hydrogens is 124 g/mol. The van der Waals surface area contributed by atoms with Crippen molar-refractivity contribution < 1.29 is 4.74 Å². The maximum atomic E-state index is 5.27.